The van der Waals surface area contributed by atoms with Crippen LogP contribution in [0.3, 0.4) is 0 Å². The number of fused-ring (bicyclic) bond motifs is 1. The molecule has 2 N–H and O–H groups in total. The van der Waals surface area contributed by atoms with Gasteiger partial charge in [0.25, 0.3) is 0 Å². The van der Waals surface area contributed by atoms with Gasteiger partial charge in [-0.15, -0.1) is 0 Å². The lowest BCUT2D eigenvalue weighted by Gasteiger charge is -2.56. The number of hydrogen-bond acceptors (Lipinski definition) is 7. The summed E-state index contributed by atoms with van der Waals surface area (Å²) in [6, 6.07) is -0.103. The molecule has 0 aromatic heterocycles. The van der Waals surface area contributed by atoms with E-state index in [1.54, 1.807) is 28.1 Å². The fraction of sp³-hybridized carbons (Fsp3) is 1.00. The van der Waals surface area contributed by atoms with Crippen LogP contribution >= 0.6 is 0 Å². The first-order chi connectivity index (χ1) is 11.8. The predicted molar refractivity (Wildman–Crippen MR) is 102 cm³/mol. The molecule has 0 radical (unpaired) electrons. The van der Waals surface area contributed by atoms with Crippen molar-refractivity contribution < 1.29 is 28.5 Å². The minimum atomic E-state index is -1.90. The zero-order valence-electron chi connectivity index (χ0n) is 17.7. The van der Waals surface area contributed by atoms with E-state index < -0.39 is 38.2 Å². The second-order valence-electron chi connectivity index (χ2n) is 9.12. The molecule has 2 rings (SSSR count). The summed E-state index contributed by atoms with van der Waals surface area (Å²) < 4.78 is 30.0. The molecule has 7 nitrogen and oxygen atoms in total. The van der Waals surface area contributed by atoms with Gasteiger partial charge in [-0.05, 0) is 32.0 Å². The number of hydrogen-bond donors (Lipinski definition) is 2. The van der Waals surface area contributed by atoms with Crippen molar-refractivity contribution >= 4 is 8.32 Å². The minimum absolute atomic E-state index is 0.103. The van der Waals surface area contributed by atoms with Crippen molar-refractivity contribution in [2.45, 2.75) is 88.7 Å². The van der Waals surface area contributed by atoms with E-state index in [2.05, 4.69) is 39.2 Å². The van der Waals surface area contributed by atoms with E-state index in [4.69, 9.17) is 23.4 Å². The van der Waals surface area contributed by atoms with Crippen LogP contribution in [0.15, 0.2) is 0 Å². The van der Waals surface area contributed by atoms with Crippen molar-refractivity contribution in [3.8, 4) is 0 Å². The molecule has 8 heteroatoms. The van der Waals surface area contributed by atoms with Gasteiger partial charge in [-0.1, -0.05) is 20.8 Å². The van der Waals surface area contributed by atoms with Gasteiger partial charge in [0.1, 0.15) is 12.2 Å². The summed E-state index contributed by atoms with van der Waals surface area (Å²) in [7, 11) is 1.22. The van der Waals surface area contributed by atoms with E-state index in [0.29, 0.717) is 13.2 Å². The van der Waals surface area contributed by atoms with E-state index in [1.807, 2.05) is 0 Å². The molecule has 0 amide bonds. The maximum absolute atomic E-state index is 10.5. The van der Waals surface area contributed by atoms with Crippen LogP contribution in [0.5, 0.6) is 0 Å². The number of piperidine rings is 1. The molecule has 0 aromatic rings. The molecule has 2 aliphatic rings. The van der Waals surface area contributed by atoms with E-state index in [0.717, 1.165) is 0 Å². The van der Waals surface area contributed by atoms with E-state index in [1.165, 1.54) is 0 Å². The quantitative estimate of drug-likeness (QED) is 0.693. The number of β-amino-alcohol motifs (C(OH)–C–C–N with tert-alkyl or cyclic N) is 1. The maximum Gasteiger partial charge on any atom is 0.220 e. The van der Waals surface area contributed by atoms with Crippen molar-refractivity contribution in [1.29, 1.82) is 0 Å². The van der Waals surface area contributed by atoms with Crippen LogP contribution in [0, 0.1) is 0 Å². The standard InChI is InChI=1S/C18H37NO6Si/c1-16(2,3)26(8,9)23-11-12-14-15(13(20)10-19-12)25-18(5,22-7)17(4,21-6)24-14/h12-15,19-20H,10-11H2,1-9H3/t12-,13+,14-,15-,17+,18+/m1/s1. The maximum atomic E-state index is 10.5. The lowest BCUT2D eigenvalue weighted by molar-refractivity contribution is -0.459. The molecule has 0 spiro atoms. The molecule has 6 atom stereocenters. The van der Waals surface area contributed by atoms with Crippen molar-refractivity contribution in [3.05, 3.63) is 0 Å². The third-order valence-corrected chi connectivity index (χ3v) is 10.9. The second-order valence-corrected chi connectivity index (χ2v) is 13.9. The van der Waals surface area contributed by atoms with Gasteiger partial charge in [0, 0.05) is 20.8 Å². The lowest BCUT2D eigenvalue weighted by atomic mass is 9.92. The van der Waals surface area contributed by atoms with Crippen LogP contribution in [-0.2, 0) is 23.4 Å². The first kappa shape index (κ1) is 22.2. The number of methoxy groups -OCH3 is 2. The lowest BCUT2D eigenvalue weighted by Crippen LogP contribution is -2.74. The van der Waals surface area contributed by atoms with Gasteiger partial charge in [0.15, 0.2) is 8.32 Å². The van der Waals surface area contributed by atoms with Gasteiger partial charge in [0.05, 0.1) is 18.8 Å². The van der Waals surface area contributed by atoms with Crippen LogP contribution in [0.25, 0.3) is 0 Å². The SMILES string of the molecule is CO[C@@]1(C)O[C@H]2[C@H](O[C@]1(C)OC)[C@@H](CO[Si](C)(C)C(C)(C)C)NC[C@@H]2O. The third-order valence-electron chi connectivity index (χ3n) is 6.44. The molecule has 2 heterocycles. The number of aliphatic hydroxyl groups is 1. The molecular weight excluding hydrogens is 354 g/mol. The summed E-state index contributed by atoms with van der Waals surface area (Å²) in [4.78, 5) is 0. The number of nitrogens with one attached hydrogen (secondary N) is 1. The summed E-state index contributed by atoms with van der Waals surface area (Å²) in [5.74, 6) is -2.22. The number of aliphatic hydroxyl groups excluding tert-OH is 1. The van der Waals surface area contributed by atoms with Crippen molar-refractivity contribution in [3.63, 3.8) is 0 Å². The van der Waals surface area contributed by atoms with Gasteiger partial charge in [0.2, 0.25) is 11.6 Å². The predicted octanol–water partition coefficient (Wildman–Crippen LogP) is 1.85. The smallest absolute Gasteiger partial charge is 0.220 e. The Balaban J connectivity index is 2.19. The van der Waals surface area contributed by atoms with E-state index in [-0.39, 0.29) is 11.1 Å². The molecule has 0 aromatic carbocycles. The fourth-order valence-corrected chi connectivity index (χ4v) is 4.15. The fourth-order valence-electron chi connectivity index (χ4n) is 3.12. The van der Waals surface area contributed by atoms with E-state index in [9.17, 15) is 5.11 Å². The second kappa shape index (κ2) is 7.40. The summed E-state index contributed by atoms with van der Waals surface area (Å²) in [5.41, 5.74) is 0. The van der Waals surface area contributed by atoms with Gasteiger partial charge < -0.3 is 33.8 Å². The van der Waals surface area contributed by atoms with Gasteiger partial charge in [-0.25, -0.2) is 0 Å². The van der Waals surface area contributed by atoms with Crippen LogP contribution in [0.4, 0.5) is 0 Å². The van der Waals surface area contributed by atoms with Crippen molar-refractivity contribution in [2.24, 2.45) is 0 Å². The summed E-state index contributed by atoms with van der Waals surface area (Å²) in [5, 5.41) is 13.9. The number of rotatable bonds is 5. The average Bonchev–Trinajstić information content (AvgIpc) is 2.55. The summed E-state index contributed by atoms with van der Waals surface area (Å²) in [6.45, 7) is 15.6. The topological polar surface area (TPSA) is 78.4 Å². The largest absolute Gasteiger partial charge is 0.415 e. The minimum Gasteiger partial charge on any atom is -0.415 e. The Kier molecular flexibility index (Phi) is 6.33. The Bertz CT molecular complexity index is 499. The number of ether oxygens (including phenoxy) is 4. The first-order valence-corrected chi connectivity index (χ1v) is 12.2. The summed E-state index contributed by atoms with van der Waals surface area (Å²) in [6.07, 6.45) is -1.62. The molecule has 2 fully saturated rings. The summed E-state index contributed by atoms with van der Waals surface area (Å²) >= 11 is 0. The van der Waals surface area contributed by atoms with Crippen LogP contribution < -0.4 is 5.32 Å². The Morgan fingerprint density at radius 3 is 2.04 bits per heavy atom. The first-order valence-electron chi connectivity index (χ1n) is 9.31. The molecule has 2 saturated heterocycles. The molecule has 0 saturated carbocycles. The molecule has 0 unspecified atom stereocenters. The zero-order valence-corrected chi connectivity index (χ0v) is 18.7. The Hall–Kier alpha value is -0.0631. The molecule has 0 aliphatic carbocycles. The highest BCUT2D eigenvalue weighted by atomic mass is 28.4. The highest BCUT2D eigenvalue weighted by molar-refractivity contribution is 6.74. The van der Waals surface area contributed by atoms with Crippen molar-refractivity contribution in [2.75, 3.05) is 27.4 Å². The normalized spacial score (nSPS) is 41.8. The van der Waals surface area contributed by atoms with Gasteiger partial charge in [-0.2, -0.15) is 0 Å². The third kappa shape index (κ3) is 3.88. The molecule has 26 heavy (non-hydrogen) atoms. The van der Waals surface area contributed by atoms with Gasteiger partial charge >= 0.3 is 0 Å². The van der Waals surface area contributed by atoms with Crippen LogP contribution in [0.2, 0.25) is 18.1 Å². The molecular formula is C18H37NO6Si. The highest BCUT2D eigenvalue weighted by Crippen LogP contribution is 2.42. The molecule has 2 aliphatic heterocycles. The monoisotopic (exact) mass is 391 g/mol. The Morgan fingerprint density at radius 2 is 1.58 bits per heavy atom. The Morgan fingerprint density at radius 1 is 1.08 bits per heavy atom. The van der Waals surface area contributed by atoms with Crippen molar-refractivity contribution in [1.82, 2.24) is 5.32 Å². The Labute approximate surface area is 158 Å². The van der Waals surface area contributed by atoms with E-state index >= 15 is 0 Å². The van der Waals surface area contributed by atoms with Gasteiger partial charge in [-0.3, -0.25) is 0 Å². The highest BCUT2D eigenvalue weighted by Gasteiger charge is 2.60. The molecule has 0 bridgehead atoms. The van der Waals surface area contributed by atoms with Crippen LogP contribution in [-0.4, -0.2) is 76.7 Å². The molecule has 154 valence electrons. The average molecular weight is 392 g/mol. The van der Waals surface area contributed by atoms with Crippen LogP contribution in [0.1, 0.15) is 34.6 Å². The zero-order chi connectivity index (χ0) is 20.0.